The minimum absolute atomic E-state index is 0. The third kappa shape index (κ3) is 7.99. The number of nitrogens with zero attached hydrogens (tertiary/aromatic N) is 4. The number of guanidine groups is 1. The second-order valence-corrected chi connectivity index (χ2v) is 7.59. The van der Waals surface area contributed by atoms with E-state index >= 15 is 0 Å². The fourth-order valence-corrected chi connectivity index (χ4v) is 3.47. The summed E-state index contributed by atoms with van der Waals surface area (Å²) in [4.78, 5) is 9.75. The summed E-state index contributed by atoms with van der Waals surface area (Å²) in [5, 5.41) is 3.45. The van der Waals surface area contributed by atoms with Crippen molar-refractivity contribution in [1.82, 2.24) is 19.7 Å². The third-order valence-electron chi connectivity index (χ3n) is 4.90. The average molecular weight is 491 g/mol. The lowest BCUT2D eigenvalue weighted by molar-refractivity contribution is 0.0142. The molecule has 2 heterocycles. The molecular weight excluding hydrogens is 453 g/mol. The number of aliphatic imine (C=N–C) groups is 1. The maximum absolute atomic E-state index is 5.53. The van der Waals surface area contributed by atoms with Gasteiger partial charge in [-0.3, -0.25) is 9.89 Å². The Kier molecular flexibility index (Phi) is 11.3. The van der Waals surface area contributed by atoms with Crippen LogP contribution in [0.4, 0.5) is 0 Å². The van der Waals surface area contributed by atoms with Gasteiger partial charge in [0.15, 0.2) is 5.96 Å². The summed E-state index contributed by atoms with van der Waals surface area (Å²) in [6.45, 7) is 13.0. The van der Waals surface area contributed by atoms with E-state index in [1.54, 1.807) is 0 Å². The summed E-state index contributed by atoms with van der Waals surface area (Å²) >= 11 is 0. The lowest BCUT2D eigenvalue weighted by Crippen LogP contribution is -2.46. The molecule has 1 fully saturated rings. The van der Waals surface area contributed by atoms with Crippen molar-refractivity contribution in [2.75, 3.05) is 46.4 Å². The number of rotatable bonds is 8. The Morgan fingerprint density at radius 2 is 2.04 bits per heavy atom. The highest BCUT2D eigenvalue weighted by Crippen LogP contribution is 2.14. The summed E-state index contributed by atoms with van der Waals surface area (Å²) in [7, 11) is 4.20. The predicted molar refractivity (Wildman–Crippen MR) is 124 cm³/mol. The van der Waals surface area contributed by atoms with Crippen LogP contribution in [-0.4, -0.2) is 72.8 Å². The lowest BCUT2D eigenvalue weighted by atomic mass is 10.0. The van der Waals surface area contributed by atoms with Gasteiger partial charge in [-0.25, -0.2) is 0 Å². The number of nitrogens with one attached hydrogen (secondary N) is 1. The van der Waals surface area contributed by atoms with E-state index in [1.807, 2.05) is 0 Å². The number of morpholine rings is 1. The van der Waals surface area contributed by atoms with Gasteiger partial charge in [0.2, 0.25) is 0 Å². The molecule has 6 nitrogen and oxygen atoms in total. The highest BCUT2D eigenvalue weighted by atomic mass is 127. The monoisotopic (exact) mass is 491 g/mol. The molecule has 156 valence electrons. The van der Waals surface area contributed by atoms with Gasteiger partial charge in [-0.2, -0.15) is 0 Å². The fraction of sp³-hybridized carbons (Fsp3) is 0.750. The Bertz CT molecular complexity index is 554. The standard InChI is InChI=1S/C20H37N5O.HI/c1-6-21-20(24(5)16-18-8-7-9-23(18)4)22-15-19(14-17(2)3)25-10-12-26-13-11-25;/h7-9,17,19H,6,10-16H2,1-5H3,(H,21,22);1H. The van der Waals surface area contributed by atoms with Crippen molar-refractivity contribution < 1.29 is 4.74 Å². The summed E-state index contributed by atoms with van der Waals surface area (Å²) in [6, 6.07) is 4.73. The van der Waals surface area contributed by atoms with E-state index in [1.165, 1.54) is 12.1 Å². The number of halogens is 1. The molecule has 0 amide bonds. The first kappa shape index (κ1) is 24.2. The molecule has 1 saturated heterocycles. The first-order valence-electron chi connectivity index (χ1n) is 9.92. The fourth-order valence-electron chi connectivity index (χ4n) is 3.47. The van der Waals surface area contributed by atoms with Gasteiger partial charge in [0, 0.05) is 51.7 Å². The zero-order chi connectivity index (χ0) is 18.9. The third-order valence-corrected chi connectivity index (χ3v) is 4.90. The van der Waals surface area contributed by atoms with Gasteiger partial charge >= 0.3 is 0 Å². The zero-order valence-electron chi connectivity index (χ0n) is 17.6. The van der Waals surface area contributed by atoms with Crippen molar-refractivity contribution in [1.29, 1.82) is 0 Å². The molecule has 1 aliphatic heterocycles. The molecule has 2 rings (SSSR count). The molecule has 0 aromatic carbocycles. The number of hydrogen-bond acceptors (Lipinski definition) is 3. The Balaban J connectivity index is 0.00000364. The van der Waals surface area contributed by atoms with Gasteiger partial charge in [-0.1, -0.05) is 13.8 Å². The molecule has 1 aromatic rings. The van der Waals surface area contributed by atoms with E-state index in [4.69, 9.17) is 9.73 Å². The van der Waals surface area contributed by atoms with E-state index in [0.717, 1.165) is 51.9 Å². The molecule has 7 heteroatoms. The minimum Gasteiger partial charge on any atom is -0.379 e. The van der Waals surface area contributed by atoms with Crippen LogP contribution in [0.15, 0.2) is 23.3 Å². The van der Waals surface area contributed by atoms with Gasteiger partial charge in [-0.15, -0.1) is 24.0 Å². The van der Waals surface area contributed by atoms with Crippen molar-refractivity contribution in [2.45, 2.75) is 39.8 Å². The first-order valence-corrected chi connectivity index (χ1v) is 9.92. The Labute approximate surface area is 182 Å². The molecule has 1 N–H and O–H groups in total. The Morgan fingerprint density at radius 1 is 1.33 bits per heavy atom. The van der Waals surface area contributed by atoms with E-state index in [0.29, 0.717) is 12.0 Å². The smallest absolute Gasteiger partial charge is 0.194 e. The normalized spacial score (nSPS) is 16.9. The second-order valence-electron chi connectivity index (χ2n) is 7.59. The van der Waals surface area contributed by atoms with Crippen LogP contribution >= 0.6 is 24.0 Å². The summed E-state index contributed by atoms with van der Waals surface area (Å²) in [5.74, 6) is 1.65. The molecule has 0 aliphatic carbocycles. The van der Waals surface area contributed by atoms with Crippen molar-refractivity contribution in [2.24, 2.45) is 18.0 Å². The van der Waals surface area contributed by atoms with Crippen molar-refractivity contribution in [3.05, 3.63) is 24.0 Å². The first-order chi connectivity index (χ1) is 12.5. The number of ether oxygens (including phenoxy) is 1. The molecule has 1 aliphatic rings. The van der Waals surface area contributed by atoms with Crippen LogP contribution in [0.5, 0.6) is 0 Å². The summed E-state index contributed by atoms with van der Waals surface area (Å²) in [5.41, 5.74) is 1.28. The van der Waals surface area contributed by atoms with Crippen LogP contribution in [0.25, 0.3) is 0 Å². The zero-order valence-corrected chi connectivity index (χ0v) is 20.0. The largest absolute Gasteiger partial charge is 0.379 e. The van der Waals surface area contributed by atoms with E-state index in [2.05, 4.69) is 72.9 Å². The van der Waals surface area contributed by atoms with Crippen LogP contribution in [0.3, 0.4) is 0 Å². The molecule has 0 spiro atoms. The molecule has 0 radical (unpaired) electrons. The van der Waals surface area contributed by atoms with Crippen LogP contribution in [0, 0.1) is 5.92 Å². The van der Waals surface area contributed by atoms with Crippen molar-refractivity contribution in [3.8, 4) is 0 Å². The number of hydrogen-bond donors (Lipinski definition) is 1. The topological polar surface area (TPSA) is 45.0 Å². The van der Waals surface area contributed by atoms with Crippen molar-refractivity contribution >= 4 is 29.9 Å². The maximum Gasteiger partial charge on any atom is 0.194 e. The van der Waals surface area contributed by atoms with Crippen LogP contribution < -0.4 is 5.32 Å². The highest BCUT2D eigenvalue weighted by molar-refractivity contribution is 14.0. The lowest BCUT2D eigenvalue weighted by Gasteiger charge is -2.35. The maximum atomic E-state index is 5.53. The van der Waals surface area contributed by atoms with E-state index in [9.17, 15) is 0 Å². The molecular formula is C20H38IN5O. The molecule has 27 heavy (non-hydrogen) atoms. The Morgan fingerprint density at radius 3 is 2.59 bits per heavy atom. The van der Waals surface area contributed by atoms with Gasteiger partial charge in [0.1, 0.15) is 0 Å². The van der Waals surface area contributed by atoms with Crippen molar-refractivity contribution in [3.63, 3.8) is 0 Å². The molecule has 1 atom stereocenters. The SMILES string of the molecule is CCNC(=NCC(CC(C)C)N1CCOCC1)N(C)Cc1cccn1C.I. The second kappa shape index (κ2) is 12.6. The quantitative estimate of drug-likeness (QED) is 0.345. The average Bonchev–Trinajstić information content (AvgIpc) is 3.02. The Hall–Kier alpha value is -0.800. The molecule has 0 saturated carbocycles. The molecule has 1 aromatic heterocycles. The van der Waals surface area contributed by atoms with E-state index < -0.39 is 0 Å². The minimum atomic E-state index is 0. The van der Waals surface area contributed by atoms with Gasteiger partial charge in [0.25, 0.3) is 0 Å². The highest BCUT2D eigenvalue weighted by Gasteiger charge is 2.22. The van der Waals surface area contributed by atoms with Crippen LogP contribution in [0.1, 0.15) is 32.9 Å². The van der Waals surface area contributed by atoms with Gasteiger partial charge in [-0.05, 0) is 31.4 Å². The van der Waals surface area contributed by atoms with Crippen LogP contribution in [0.2, 0.25) is 0 Å². The van der Waals surface area contributed by atoms with E-state index in [-0.39, 0.29) is 24.0 Å². The summed E-state index contributed by atoms with van der Waals surface area (Å²) in [6.07, 6.45) is 3.26. The predicted octanol–water partition coefficient (Wildman–Crippen LogP) is 2.79. The van der Waals surface area contributed by atoms with Gasteiger partial charge < -0.3 is 19.5 Å². The molecule has 1 unspecified atom stereocenters. The number of aryl methyl sites for hydroxylation is 1. The number of aromatic nitrogens is 1. The van der Waals surface area contributed by atoms with Gasteiger partial charge in [0.05, 0.1) is 26.3 Å². The van der Waals surface area contributed by atoms with Crippen LogP contribution in [-0.2, 0) is 18.3 Å². The summed E-state index contributed by atoms with van der Waals surface area (Å²) < 4.78 is 7.69. The molecule has 0 bridgehead atoms.